The van der Waals surface area contributed by atoms with Gasteiger partial charge in [0.25, 0.3) is 0 Å². The highest BCUT2D eigenvalue weighted by Crippen LogP contribution is 2.33. The van der Waals surface area contributed by atoms with Crippen molar-refractivity contribution in [3.63, 3.8) is 0 Å². The molecule has 0 bridgehead atoms. The van der Waals surface area contributed by atoms with Crippen LogP contribution in [0.15, 0.2) is 36.7 Å². The molecule has 1 aromatic carbocycles. The van der Waals surface area contributed by atoms with Gasteiger partial charge in [-0.2, -0.15) is 0 Å². The second-order valence-electron chi connectivity index (χ2n) is 11.4. The summed E-state index contributed by atoms with van der Waals surface area (Å²) in [4.78, 5) is 28.1. The van der Waals surface area contributed by atoms with Crippen molar-refractivity contribution in [1.29, 1.82) is 0 Å². The first kappa shape index (κ1) is 25.8. The molecule has 3 heterocycles. The number of urea groups is 1. The van der Waals surface area contributed by atoms with Crippen LogP contribution in [-0.4, -0.2) is 78.2 Å². The predicted molar refractivity (Wildman–Crippen MR) is 150 cm³/mol. The molecule has 2 amide bonds. The normalized spacial score (nSPS) is 23.7. The Hall–Kier alpha value is -2.87. The number of benzene rings is 1. The average Bonchev–Trinajstić information content (AvgIpc) is 3.46. The van der Waals surface area contributed by atoms with Crippen molar-refractivity contribution in [1.82, 2.24) is 25.1 Å². The topological polar surface area (TPSA) is 76.6 Å². The monoisotopic (exact) mass is 505 g/mol. The Morgan fingerprint density at radius 2 is 1.70 bits per heavy atom. The van der Waals surface area contributed by atoms with E-state index in [9.17, 15) is 4.79 Å². The van der Waals surface area contributed by atoms with Gasteiger partial charge in [0.1, 0.15) is 5.82 Å². The van der Waals surface area contributed by atoms with Gasteiger partial charge < -0.3 is 25.3 Å². The van der Waals surface area contributed by atoms with Crippen LogP contribution in [0.1, 0.15) is 63.4 Å². The lowest BCUT2D eigenvalue weighted by Crippen LogP contribution is -2.54. The fourth-order valence-electron chi connectivity index (χ4n) is 6.18. The number of carbonyl (C=O) groups is 1. The Balaban J connectivity index is 1.17. The summed E-state index contributed by atoms with van der Waals surface area (Å²) < 4.78 is 0. The molecule has 2 saturated heterocycles. The van der Waals surface area contributed by atoms with Crippen molar-refractivity contribution >= 4 is 23.4 Å². The molecule has 0 spiro atoms. The molecule has 8 heteroatoms. The highest BCUT2D eigenvalue weighted by Gasteiger charge is 2.29. The fourth-order valence-corrected chi connectivity index (χ4v) is 6.18. The van der Waals surface area contributed by atoms with E-state index >= 15 is 0 Å². The van der Waals surface area contributed by atoms with Crippen molar-refractivity contribution in [2.75, 3.05) is 50.5 Å². The first-order chi connectivity index (χ1) is 18.0. The van der Waals surface area contributed by atoms with Crippen molar-refractivity contribution in [2.45, 2.75) is 69.9 Å². The van der Waals surface area contributed by atoms with Crippen LogP contribution >= 0.6 is 0 Å². The number of nitrogens with one attached hydrogen (secondary N) is 2. The third kappa shape index (κ3) is 6.35. The van der Waals surface area contributed by atoms with E-state index in [0.717, 1.165) is 42.9 Å². The summed E-state index contributed by atoms with van der Waals surface area (Å²) in [6.07, 6.45) is 12.7. The first-order valence-corrected chi connectivity index (χ1v) is 14.1. The van der Waals surface area contributed by atoms with E-state index in [1.807, 2.05) is 6.20 Å². The Labute approximate surface area is 221 Å². The van der Waals surface area contributed by atoms with Gasteiger partial charge in [-0.05, 0) is 74.7 Å². The second kappa shape index (κ2) is 11.7. The van der Waals surface area contributed by atoms with E-state index in [4.69, 9.17) is 4.98 Å². The Morgan fingerprint density at radius 1 is 0.973 bits per heavy atom. The van der Waals surface area contributed by atoms with E-state index in [2.05, 4.69) is 56.6 Å². The smallest absolute Gasteiger partial charge is 0.317 e. The predicted octanol–water partition coefficient (Wildman–Crippen LogP) is 4.83. The van der Waals surface area contributed by atoms with Crippen molar-refractivity contribution < 1.29 is 4.79 Å². The third-order valence-electron chi connectivity index (χ3n) is 8.64. The Morgan fingerprint density at radius 3 is 2.41 bits per heavy atom. The number of hydrogen-bond acceptors (Lipinski definition) is 6. The number of amides is 2. The first-order valence-electron chi connectivity index (χ1n) is 14.1. The molecule has 5 rings (SSSR count). The third-order valence-corrected chi connectivity index (χ3v) is 8.64. The van der Waals surface area contributed by atoms with E-state index in [0.29, 0.717) is 11.8 Å². The largest absolute Gasteiger partial charge is 0.353 e. The molecule has 0 radical (unpaired) electrons. The summed E-state index contributed by atoms with van der Waals surface area (Å²) in [6, 6.07) is 9.77. The van der Waals surface area contributed by atoms with Gasteiger partial charge in [-0.15, -0.1) is 0 Å². The summed E-state index contributed by atoms with van der Waals surface area (Å²) in [5, 5.41) is 6.59. The lowest BCUT2D eigenvalue weighted by atomic mass is 9.88. The van der Waals surface area contributed by atoms with Gasteiger partial charge in [0.2, 0.25) is 0 Å². The maximum atomic E-state index is 12.2. The maximum Gasteiger partial charge on any atom is 0.317 e. The Kier molecular flexibility index (Phi) is 8.13. The van der Waals surface area contributed by atoms with Crippen LogP contribution in [0.4, 0.5) is 22.1 Å². The van der Waals surface area contributed by atoms with Crippen LogP contribution in [0.3, 0.4) is 0 Å². The van der Waals surface area contributed by atoms with Gasteiger partial charge in [-0.25, -0.2) is 9.78 Å². The van der Waals surface area contributed by atoms with Crippen LogP contribution in [0.5, 0.6) is 0 Å². The molecular formula is C29H43N7O. The molecule has 1 aromatic heterocycles. The maximum absolute atomic E-state index is 12.2. The van der Waals surface area contributed by atoms with Crippen LogP contribution in [0.25, 0.3) is 0 Å². The summed E-state index contributed by atoms with van der Waals surface area (Å²) in [6.45, 7) is 6.32. The van der Waals surface area contributed by atoms with Crippen molar-refractivity contribution in [3.05, 3.63) is 42.2 Å². The minimum atomic E-state index is -0.0528. The minimum Gasteiger partial charge on any atom is -0.353 e. The number of nitrogens with zero attached hydrogens (tertiary/aromatic N) is 5. The van der Waals surface area contributed by atoms with Gasteiger partial charge in [0.05, 0.1) is 18.4 Å². The zero-order valence-electron chi connectivity index (χ0n) is 22.7. The molecule has 2 aliphatic heterocycles. The highest BCUT2D eigenvalue weighted by atomic mass is 16.2. The zero-order chi connectivity index (χ0) is 25.8. The van der Waals surface area contributed by atoms with Crippen LogP contribution in [-0.2, 0) is 0 Å². The minimum absolute atomic E-state index is 0.0528. The van der Waals surface area contributed by atoms with Crippen LogP contribution in [0.2, 0.25) is 0 Å². The second-order valence-corrected chi connectivity index (χ2v) is 11.4. The summed E-state index contributed by atoms with van der Waals surface area (Å²) in [7, 11) is 3.54. The molecule has 1 aliphatic carbocycles. The van der Waals surface area contributed by atoms with Gasteiger partial charge in [0.15, 0.2) is 5.82 Å². The van der Waals surface area contributed by atoms with E-state index in [1.165, 1.54) is 57.2 Å². The average molecular weight is 506 g/mol. The number of rotatable bonds is 6. The van der Waals surface area contributed by atoms with Crippen LogP contribution in [0, 0.1) is 5.92 Å². The molecule has 2 N–H and O–H groups in total. The standard InChI is InChI=1S/C29H43N7O/c1-21-12-15-36(20-26(21)32-29(37)34(2)3)28-19-30-18-27(33-28)31-24-10-8-22(9-11-24)23-13-16-35(17-14-23)25-6-4-5-7-25/h8-11,18-19,21,23,25-26H,4-7,12-17,20H2,1-3H3,(H,31,33)(H,32,37)/t21-,26+/m1/s1. The van der Waals surface area contributed by atoms with Gasteiger partial charge in [-0.1, -0.05) is 31.9 Å². The molecule has 0 unspecified atom stereocenters. The number of piperidine rings is 2. The molecule has 3 aliphatic rings. The number of aromatic nitrogens is 2. The fraction of sp³-hybridized carbons (Fsp3) is 0.621. The van der Waals surface area contributed by atoms with Gasteiger partial charge in [0, 0.05) is 38.9 Å². The molecule has 8 nitrogen and oxygen atoms in total. The van der Waals surface area contributed by atoms with Gasteiger partial charge in [-0.3, -0.25) is 4.98 Å². The lowest BCUT2D eigenvalue weighted by molar-refractivity contribution is 0.154. The van der Waals surface area contributed by atoms with Crippen molar-refractivity contribution in [3.8, 4) is 0 Å². The summed E-state index contributed by atoms with van der Waals surface area (Å²) in [5.41, 5.74) is 2.48. The molecule has 37 heavy (non-hydrogen) atoms. The number of likely N-dealkylation sites (tertiary alicyclic amines) is 1. The van der Waals surface area contributed by atoms with E-state index in [1.54, 1.807) is 25.2 Å². The molecule has 2 atom stereocenters. The molecule has 2 aromatic rings. The molecule has 3 fully saturated rings. The van der Waals surface area contributed by atoms with Crippen molar-refractivity contribution in [2.24, 2.45) is 5.92 Å². The number of anilines is 3. The SMILES string of the molecule is C[C@@H]1CCN(c2cncc(Nc3ccc(C4CCN(C5CCCC5)CC4)cc3)n2)C[C@@H]1NC(=O)N(C)C. The van der Waals surface area contributed by atoms with E-state index in [-0.39, 0.29) is 12.1 Å². The zero-order valence-corrected chi connectivity index (χ0v) is 22.7. The molecule has 200 valence electrons. The summed E-state index contributed by atoms with van der Waals surface area (Å²) in [5.74, 6) is 2.66. The summed E-state index contributed by atoms with van der Waals surface area (Å²) >= 11 is 0. The number of carbonyl (C=O) groups excluding carboxylic acids is 1. The number of hydrogen-bond donors (Lipinski definition) is 2. The quantitative estimate of drug-likeness (QED) is 0.586. The lowest BCUT2D eigenvalue weighted by Gasteiger charge is -2.38. The van der Waals surface area contributed by atoms with Crippen LogP contribution < -0.4 is 15.5 Å². The molecule has 1 saturated carbocycles. The van der Waals surface area contributed by atoms with E-state index < -0.39 is 0 Å². The Bertz CT molecular complexity index is 1030. The molecular weight excluding hydrogens is 462 g/mol. The highest BCUT2D eigenvalue weighted by molar-refractivity contribution is 5.74. The van der Waals surface area contributed by atoms with Gasteiger partial charge >= 0.3 is 6.03 Å².